The molecule has 2 aromatic carbocycles. The summed E-state index contributed by atoms with van der Waals surface area (Å²) in [5, 5.41) is 11.5. The Morgan fingerprint density at radius 1 is 1.23 bits per heavy atom. The number of rotatable bonds is 6. The van der Waals surface area contributed by atoms with Crippen LogP contribution < -0.4 is 10.2 Å². The average molecular weight is 440 g/mol. The Hall–Kier alpha value is -2.96. The van der Waals surface area contributed by atoms with Crippen LogP contribution in [0.1, 0.15) is 12.8 Å². The van der Waals surface area contributed by atoms with Crippen molar-refractivity contribution in [1.82, 2.24) is 0 Å². The number of hydrogen-bond donors (Lipinski definition) is 1. The maximum atomic E-state index is 13.0. The summed E-state index contributed by atoms with van der Waals surface area (Å²) in [7, 11) is 0. The lowest BCUT2D eigenvalue weighted by Crippen LogP contribution is -2.48. The molecule has 1 unspecified atom stereocenters. The summed E-state index contributed by atoms with van der Waals surface area (Å²) in [5.41, 5.74) is 1.26. The van der Waals surface area contributed by atoms with E-state index >= 15 is 0 Å². The van der Waals surface area contributed by atoms with E-state index in [0.717, 1.165) is 9.79 Å². The molecule has 1 N–H and O–H groups in total. The van der Waals surface area contributed by atoms with Crippen molar-refractivity contribution in [1.29, 1.82) is 5.26 Å². The number of nitrogens with one attached hydrogen (secondary N) is 1. The highest BCUT2D eigenvalue weighted by atomic mass is 32.2. The monoisotopic (exact) mass is 439 g/mol. The van der Waals surface area contributed by atoms with E-state index in [1.807, 2.05) is 36.4 Å². The fraction of sp³-hybridized carbons (Fsp3) is 0.238. The highest BCUT2D eigenvalue weighted by Gasteiger charge is 2.58. The molecule has 0 spiro atoms. The van der Waals surface area contributed by atoms with Crippen LogP contribution in [0.25, 0.3) is 0 Å². The number of ether oxygens (including phenoxy) is 1. The number of fused-ring (bicyclic) bond motifs is 3. The number of hydrogen-bond acceptors (Lipinski definition) is 7. The molecule has 152 valence electrons. The lowest BCUT2D eigenvalue weighted by atomic mass is 10.2. The first-order valence-corrected chi connectivity index (χ1v) is 11.0. The maximum Gasteiger partial charge on any atom is 0.344 e. The third kappa shape index (κ3) is 3.64. The van der Waals surface area contributed by atoms with E-state index in [4.69, 9.17) is 10.00 Å². The Morgan fingerprint density at radius 3 is 2.83 bits per heavy atom. The van der Waals surface area contributed by atoms with E-state index in [9.17, 15) is 14.4 Å². The van der Waals surface area contributed by atoms with Gasteiger partial charge in [0.05, 0.1) is 23.2 Å². The number of esters is 1. The van der Waals surface area contributed by atoms with Crippen LogP contribution in [0.15, 0.2) is 58.3 Å². The van der Waals surface area contributed by atoms with Gasteiger partial charge in [-0.05, 0) is 24.3 Å². The molecule has 9 heteroatoms. The van der Waals surface area contributed by atoms with E-state index in [1.165, 1.54) is 28.4 Å². The smallest absolute Gasteiger partial charge is 0.344 e. The Balaban J connectivity index is 1.43. The zero-order chi connectivity index (χ0) is 21.1. The molecule has 7 nitrogen and oxygen atoms in total. The fourth-order valence-electron chi connectivity index (χ4n) is 3.51. The van der Waals surface area contributed by atoms with Gasteiger partial charge < -0.3 is 10.1 Å². The van der Waals surface area contributed by atoms with Gasteiger partial charge in [-0.2, -0.15) is 5.26 Å². The van der Waals surface area contributed by atoms with Crippen LogP contribution >= 0.6 is 23.5 Å². The first-order chi connectivity index (χ1) is 14.5. The summed E-state index contributed by atoms with van der Waals surface area (Å²) in [6, 6.07) is 16.5. The Morgan fingerprint density at radius 2 is 2.00 bits per heavy atom. The normalized spacial score (nSPS) is 19.0. The number of carbonyl (C=O) groups is 3. The van der Waals surface area contributed by atoms with Crippen molar-refractivity contribution in [2.24, 2.45) is 0 Å². The molecule has 2 aliphatic heterocycles. The van der Waals surface area contributed by atoms with Crippen LogP contribution in [0.2, 0.25) is 0 Å². The first kappa shape index (κ1) is 20.3. The van der Waals surface area contributed by atoms with Crippen LogP contribution in [0.4, 0.5) is 11.4 Å². The van der Waals surface area contributed by atoms with Gasteiger partial charge in [0, 0.05) is 22.6 Å². The van der Waals surface area contributed by atoms with Crippen molar-refractivity contribution in [3.8, 4) is 6.07 Å². The second kappa shape index (κ2) is 8.42. The van der Waals surface area contributed by atoms with Crippen molar-refractivity contribution in [3.05, 3.63) is 48.5 Å². The summed E-state index contributed by atoms with van der Waals surface area (Å²) in [5.74, 6) is -0.957. The molecule has 30 heavy (non-hydrogen) atoms. The zero-order valence-corrected chi connectivity index (χ0v) is 17.4. The van der Waals surface area contributed by atoms with E-state index in [2.05, 4.69) is 5.32 Å². The van der Waals surface area contributed by atoms with Crippen LogP contribution in [0.3, 0.4) is 0 Å². The minimum absolute atomic E-state index is 0.128. The van der Waals surface area contributed by atoms with Crippen LogP contribution in [0, 0.1) is 11.3 Å². The summed E-state index contributed by atoms with van der Waals surface area (Å²) in [6.07, 6.45) is 0.589. The van der Waals surface area contributed by atoms with Gasteiger partial charge in [0.1, 0.15) is 0 Å². The SMILES string of the molecule is N#CCSc1ccccc1NC(=O)COC(=O)C12CCC(=O)N1c1ccccc1S2. The van der Waals surface area contributed by atoms with Gasteiger partial charge >= 0.3 is 5.97 Å². The number of thioether (sulfide) groups is 2. The van der Waals surface area contributed by atoms with Gasteiger partial charge in [0.25, 0.3) is 5.91 Å². The first-order valence-electron chi connectivity index (χ1n) is 9.22. The molecular weight excluding hydrogens is 422 g/mol. The molecule has 1 atom stereocenters. The lowest BCUT2D eigenvalue weighted by Gasteiger charge is -2.28. The molecule has 0 radical (unpaired) electrons. The molecule has 1 fully saturated rings. The second-order valence-corrected chi connectivity index (χ2v) is 8.99. The molecule has 0 bridgehead atoms. The summed E-state index contributed by atoms with van der Waals surface area (Å²) in [4.78, 5) is 39.7. The molecule has 2 aliphatic rings. The maximum absolute atomic E-state index is 13.0. The number of benzene rings is 2. The zero-order valence-electron chi connectivity index (χ0n) is 15.8. The predicted octanol–water partition coefficient (Wildman–Crippen LogP) is 3.41. The van der Waals surface area contributed by atoms with Gasteiger partial charge in [-0.1, -0.05) is 36.0 Å². The molecule has 2 aromatic rings. The third-order valence-corrected chi connectivity index (χ3v) is 7.18. The minimum Gasteiger partial charge on any atom is -0.453 e. The quantitative estimate of drug-likeness (QED) is 0.544. The largest absolute Gasteiger partial charge is 0.453 e. The summed E-state index contributed by atoms with van der Waals surface area (Å²) in [6.45, 7) is -0.462. The van der Waals surface area contributed by atoms with Gasteiger partial charge in [-0.3, -0.25) is 14.5 Å². The molecule has 0 aliphatic carbocycles. The van der Waals surface area contributed by atoms with Gasteiger partial charge in [-0.25, -0.2) is 4.79 Å². The predicted molar refractivity (Wildman–Crippen MR) is 114 cm³/mol. The van der Waals surface area contributed by atoms with Gasteiger partial charge in [-0.15, -0.1) is 11.8 Å². The Kier molecular flexibility index (Phi) is 5.70. The topological polar surface area (TPSA) is 99.5 Å². The summed E-state index contributed by atoms with van der Waals surface area (Å²) >= 11 is 2.61. The van der Waals surface area contributed by atoms with Crippen molar-refractivity contribution in [2.45, 2.75) is 27.5 Å². The van der Waals surface area contributed by atoms with E-state index in [0.29, 0.717) is 17.8 Å². The Bertz CT molecular complexity index is 1070. The molecule has 0 aromatic heterocycles. The molecule has 2 amide bonds. The van der Waals surface area contributed by atoms with Crippen molar-refractivity contribution >= 4 is 52.7 Å². The number of nitriles is 1. The standard InChI is InChI=1S/C21H17N3O4S2/c22-11-12-29-16-7-3-1-5-14(16)23-18(25)13-28-20(27)21-10-9-19(26)24(21)15-6-2-4-8-17(15)30-21/h1-8H,9-10,12-13H2,(H,23,25). The van der Waals surface area contributed by atoms with Crippen molar-refractivity contribution in [2.75, 3.05) is 22.6 Å². The van der Waals surface area contributed by atoms with E-state index < -0.39 is 23.4 Å². The van der Waals surface area contributed by atoms with Crippen molar-refractivity contribution in [3.63, 3.8) is 0 Å². The van der Waals surface area contributed by atoms with Gasteiger partial charge in [0.2, 0.25) is 5.91 Å². The van der Waals surface area contributed by atoms with Crippen LogP contribution in [-0.2, 0) is 19.1 Å². The third-order valence-electron chi connectivity index (χ3n) is 4.78. The van der Waals surface area contributed by atoms with Gasteiger partial charge in [0.15, 0.2) is 11.5 Å². The number of amides is 2. The average Bonchev–Trinajstić information content (AvgIpc) is 3.27. The highest BCUT2D eigenvalue weighted by molar-refractivity contribution is 8.02. The molecule has 2 heterocycles. The highest BCUT2D eigenvalue weighted by Crippen LogP contribution is 2.56. The van der Waals surface area contributed by atoms with Crippen LogP contribution in [-0.4, -0.2) is 35.0 Å². The number of para-hydroxylation sites is 2. The lowest BCUT2D eigenvalue weighted by molar-refractivity contribution is -0.149. The minimum atomic E-state index is -1.15. The second-order valence-electron chi connectivity index (χ2n) is 6.65. The molecular formula is C21H17N3O4S2. The Labute approximate surface area is 181 Å². The number of anilines is 2. The van der Waals surface area contributed by atoms with Crippen molar-refractivity contribution < 1.29 is 19.1 Å². The molecule has 0 saturated carbocycles. The fourth-order valence-corrected chi connectivity index (χ4v) is 5.59. The van der Waals surface area contributed by atoms with E-state index in [1.54, 1.807) is 18.2 Å². The molecule has 4 rings (SSSR count). The van der Waals surface area contributed by atoms with Crippen LogP contribution in [0.5, 0.6) is 0 Å². The number of nitrogens with zero attached hydrogens (tertiary/aromatic N) is 2. The molecule has 1 saturated heterocycles. The number of carbonyl (C=O) groups excluding carboxylic acids is 3. The summed E-state index contributed by atoms with van der Waals surface area (Å²) < 4.78 is 5.34. The van der Waals surface area contributed by atoms with E-state index in [-0.39, 0.29) is 18.1 Å².